The van der Waals surface area contributed by atoms with Crippen LogP contribution in [0.4, 0.5) is 0 Å². The minimum Gasteiger partial charge on any atom is -0.489 e. The molecule has 0 unspecified atom stereocenters. The maximum atomic E-state index is 12.5. The molecular formula is C28H30O5. The highest BCUT2D eigenvalue weighted by molar-refractivity contribution is 5.98. The maximum absolute atomic E-state index is 12.5. The van der Waals surface area contributed by atoms with Crippen LogP contribution in [0.1, 0.15) is 52.9 Å². The molecule has 0 radical (unpaired) electrons. The number of ketones is 1. The normalized spacial score (nSPS) is 10.7. The van der Waals surface area contributed by atoms with Gasteiger partial charge in [0.1, 0.15) is 30.5 Å². The van der Waals surface area contributed by atoms with Gasteiger partial charge in [0, 0.05) is 12.0 Å². The quantitative estimate of drug-likeness (QED) is 0.258. The van der Waals surface area contributed by atoms with Crippen molar-refractivity contribution in [3.63, 3.8) is 0 Å². The number of benzene rings is 3. The minimum atomic E-state index is 0.177. The molecule has 0 atom stereocenters. The third-order valence-corrected chi connectivity index (χ3v) is 5.43. The molecule has 3 rings (SSSR count). The number of carbonyl (C=O) groups is 2. The Labute approximate surface area is 195 Å². The Morgan fingerprint density at radius 1 is 0.848 bits per heavy atom. The molecule has 3 aromatic rings. The minimum absolute atomic E-state index is 0.177. The van der Waals surface area contributed by atoms with E-state index in [0.717, 1.165) is 33.6 Å². The second-order valence-corrected chi connectivity index (χ2v) is 8.47. The van der Waals surface area contributed by atoms with Crippen molar-refractivity contribution in [2.75, 3.05) is 0 Å². The van der Waals surface area contributed by atoms with Crippen LogP contribution in [0.15, 0.2) is 60.7 Å². The maximum Gasteiger partial charge on any atom is 0.298 e. The van der Waals surface area contributed by atoms with Crippen LogP contribution in [0.2, 0.25) is 0 Å². The van der Waals surface area contributed by atoms with Gasteiger partial charge in [0.2, 0.25) is 0 Å². The van der Waals surface area contributed by atoms with Crippen LogP contribution in [0.3, 0.4) is 0 Å². The molecule has 3 aromatic carbocycles. The van der Waals surface area contributed by atoms with Crippen LogP contribution in [0, 0.1) is 19.8 Å². The van der Waals surface area contributed by atoms with Gasteiger partial charge in [-0.3, -0.25) is 9.59 Å². The fraction of sp³-hybridized carbons (Fsp3) is 0.286. The standard InChI is InChI=1S/C28H30O5/c1-19(2)14-27(30)26-12-13-28(21(4)20(26)3)32-17-23-7-5-6-22(15-23)16-31-24-8-10-25(11-9-24)33-18-29/h5-13,15,18-19H,14,16-17H2,1-4H3. The molecule has 0 aliphatic rings. The van der Waals surface area contributed by atoms with Crippen molar-refractivity contribution in [1.29, 1.82) is 0 Å². The van der Waals surface area contributed by atoms with Crippen LogP contribution in [-0.2, 0) is 18.0 Å². The third kappa shape index (κ3) is 6.69. The molecule has 0 saturated heterocycles. The first-order valence-corrected chi connectivity index (χ1v) is 11.0. The van der Waals surface area contributed by atoms with Gasteiger partial charge in [-0.25, -0.2) is 0 Å². The number of hydrogen-bond donors (Lipinski definition) is 0. The molecule has 0 bridgehead atoms. The average Bonchev–Trinajstić information content (AvgIpc) is 2.79. The number of rotatable bonds is 11. The Morgan fingerprint density at radius 2 is 1.48 bits per heavy atom. The Hall–Kier alpha value is -3.60. The van der Waals surface area contributed by atoms with Crippen LogP contribution >= 0.6 is 0 Å². The van der Waals surface area contributed by atoms with Gasteiger partial charge in [0.25, 0.3) is 6.47 Å². The molecule has 0 fully saturated rings. The Balaban J connectivity index is 1.61. The van der Waals surface area contributed by atoms with E-state index in [4.69, 9.17) is 14.2 Å². The Kier molecular flexibility index (Phi) is 8.25. The summed E-state index contributed by atoms with van der Waals surface area (Å²) in [7, 11) is 0. The lowest BCUT2D eigenvalue weighted by molar-refractivity contribution is -0.120. The number of hydrogen-bond acceptors (Lipinski definition) is 5. The van der Waals surface area contributed by atoms with Gasteiger partial charge in [0.15, 0.2) is 5.78 Å². The lowest BCUT2D eigenvalue weighted by Crippen LogP contribution is -2.07. The number of carbonyl (C=O) groups excluding carboxylic acids is 2. The second-order valence-electron chi connectivity index (χ2n) is 8.47. The molecule has 5 heteroatoms. The summed E-state index contributed by atoms with van der Waals surface area (Å²) in [6, 6.07) is 18.7. The van der Waals surface area contributed by atoms with Crippen molar-refractivity contribution in [3.05, 3.63) is 88.5 Å². The highest BCUT2D eigenvalue weighted by atomic mass is 16.5. The summed E-state index contributed by atoms with van der Waals surface area (Å²) >= 11 is 0. The van der Waals surface area contributed by atoms with Gasteiger partial charge >= 0.3 is 0 Å². The van der Waals surface area contributed by atoms with Gasteiger partial charge in [-0.15, -0.1) is 0 Å². The average molecular weight is 447 g/mol. The zero-order chi connectivity index (χ0) is 23.8. The van der Waals surface area contributed by atoms with Crippen molar-refractivity contribution < 1.29 is 23.8 Å². The van der Waals surface area contributed by atoms with Gasteiger partial charge in [-0.2, -0.15) is 0 Å². The first kappa shape index (κ1) is 24.1. The van der Waals surface area contributed by atoms with E-state index in [-0.39, 0.29) is 5.78 Å². The van der Waals surface area contributed by atoms with Crippen molar-refractivity contribution in [2.45, 2.75) is 47.3 Å². The van der Waals surface area contributed by atoms with Gasteiger partial charge in [-0.05, 0) is 84.5 Å². The van der Waals surface area contributed by atoms with Crippen LogP contribution in [-0.4, -0.2) is 12.3 Å². The fourth-order valence-electron chi connectivity index (χ4n) is 3.54. The number of Topliss-reactive ketones (excluding diaryl/α,β-unsaturated/α-hetero) is 1. The van der Waals surface area contributed by atoms with Gasteiger partial charge in [-0.1, -0.05) is 32.0 Å². The molecule has 0 aromatic heterocycles. The van der Waals surface area contributed by atoms with E-state index in [1.807, 2.05) is 50.2 Å². The zero-order valence-electron chi connectivity index (χ0n) is 19.6. The summed E-state index contributed by atoms with van der Waals surface area (Å²) in [5.74, 6) is 2.45. The first-order valence-electron chi connectivity index (χ1n) is 11.0. The monoisotopic (exact) mass is 446 g/mol. The summed E-state index contributed by atoms with van der Waals surface area (Å²) in [6.45, 7) is 9.30. The van der Waals surface area contributed by atoms with E-state index in [1.54, 1.807) is 24.3 Å². The van der Waals surface area contributed by atoms with Crippen molar-refractivity contribution in [2.24, 2.45) is 5.92 Å². The van der Waals surface area contributed by atoms with E-state index in [1.165, 1.54) is 0 Å². The largest absolute Gasteiger partial charge is 0.489 e. The van der Waals surface area contributed by atoms with Crippen molar-refractivity contribution in [3.8, 4) is 17.2 Å². The smallest absolute Gasteiger partial charge is 0.298 e. The van der Waals surface area contributed by atoms with Crippen molar-refractivity contribution in [1.82, 2.24) is 0 Å². The summed E-state index contributed by atoms with van der Waals surface area (Å²) < 4.78 is 16.7. The van der Waals surface area contributed by atoms with Gasteiger partial charge < -0.3 is 14.2 Å². The first-order chi connectivity index (χ1) is 15.9. The molecule has 5 nitrogen and oxygen atoms in total. The summed E-state index contributed by atoms with van der Waals surface area (Å²) in [6.07, 6.45) is 0.548. The predicted octanol–water partition coefficient (Wildman–Crippen LogP) is 6.23. The van der Waals surface area contributed by atoms with E-state index < -0.39 is 0 Å². The molecule has 0 spiro atoms. The molecule has 0 saturated carbocycles. The van der Waals surface area contributed by atoms with Crippen molar-refractivity contribution >= 4 is 12.3 Å². The highest BCUT2D eigenvalue weighted by Gasteiger charge is 2.15. The molecule has 0 aliphatic carbocycles. The topological polar surface area (TPSA) is 61.8 Å². The molecule has 0 aliphatic heterocycles. The predicted molar refractivity (Wildman–Crippen MR) is 128 cm³/mol. The third-order valence-electron chi connectivity index (χ3n) is 5.43. The Bertz CT molecular complexity index is 1100. The van der Waals surface area contributed by atoms with Crippen LogP contribution in [0.5, 0.6) is 17.2 Å². The summed E-state index contributed by atoms with van der Waals surface area (Å²) in [4.78, 5) is 22.9. The van der Waals surface area contributed by atoms with E-state index in [0.29, 0.717) is 43.5 Å². The molecule has 0 heterocycles. The van der Waals surface area contributed by atoms with Crippen LogP contribution in [0.25, 0.3) is 0 Å². The molecular weight excluding hydrogens is 416 g/mol. The molecule has 33 heavy (non-hydrogen) atoms. The van der Waals surface area contributed by atoms with Crippen LogP contribution < -0.4 is 14.2 Å². The zero-order valence-corrected chi connectivity index (χ0v) is 19.6. The SMILES string of the molecule is Cc1c(OCc2cccc(COc3ccc(OC=O)cc3)c2)ccc(C(=O)CC(C)C)c1C. The van der Waals surface area contributed by atoms with E-state index in [9.17, 15) is 9.59 Å². The summed E-state index contributed by atoms with van der Waals surface area (Å²) in [5.41, 5.74) is 4.80. The molecule has 172 valence electrons. The van der Waals surface area contributed by atoms with E-state index in [2.05, 4.69) is 13.8 Å². The summed E-state index contributed by atoms with van der Waals surface area (Å²) in [5, 5.41) is 0. The second kappa shape index (κ2) is 11.3. The molecule has 0 N–H and O–H groups in total. The number of ether oxygens (including phenoxy) is 3. The van der Waals surface area contributed by atoms with Gasteiger partial charge in [0.05, 0.1) is 0 Å². The fourth-order valence-corrected chi connectivity index (χ4v) is 3.54. The lowest BCUT2D eigenvalue weighted by atomic mass is 9.95. The van der Waals surface area contributed by atoms with E-state index >= 15 is 0 Å². The molecule has 0 amide bonds. The lowest BCUT2D eigenvalue weighted by Gasteiger charge is -2.15. The highest BCUT2D eigenvalue weighted by Crippen LogP contribution is 2.27. The Morgan fingerprint density at radius 3 is 2.12 bits per heavy atom.